The molecule has 1 aromatic carbocycles. The van der Waals surface area contributed by atoms with E-state index in [-0.39, 0.29) is 36.1 Å². The van der Waals surface area contributed by atoms with Gasteiger partial charge in [0, 0.05) is 12.3 Å². The first kappa shape index (κ1) is 18.4. The van der Waals surface area contributed by atoms with Gasteiger partial charge >= 0.3 is 5.97 Å². The second-order valence-electron chi connectivity index (χ2n) is 5.26. The van der Waals surface area contributed by atoms with Crippen molar-refractivity contribution in [2.24, 2.45) is 0 Å². The maximum absolute atomic E-state index is 12.2. The molecule has 10 nitrogen and oxygen atoms in total. The predicted octanol–water partition coefficient (Wildman–Crippen LogP) is 2.21. The number of carbonyl (C=O) groups is 2. The molecule has 0 unspecified atom stereocenters. The second kappa shape index (κ2) is 7.87. The number of halogens is 1. The summed E-state index contributed by atoms with van der Waals surface area (Å²) in [7, 11) is 0. The van der Waals surface area contributed by atoms with Crippen LogP contribution in [0.25, 0.3) is 0 Å². The largest absolute Gasteiger partial charge is 0.486 e. The first-order valence-electron chi connectivity index (χ1n) is 7.60. The maximum Gasteiger partial charge on any atom is 0.345 e. The highest BCUT2D eigenvalue weighted by Crippen LogP contribution is 2.36. The molecule has 0 saturated carbocycles. The molecular weight excluding hydrogens is 382 g/mol. The summed E-state index contributed by atoms with van der Waals surface area (Å²) >= 11 is 5.69. The predicted molar refractivity (Wildman–Crippen MR) is 92.2 cm³/mol. The fourth-order valence-corrected chi connectivity index (χ4v) is 2.34. The van der Waals surface area contributed by atoms with Gasteiger partial charge < -0.3 is 19.5 Å². The van der Waals surface area contributed by atoms with Gasteiger partial charge in [-0.15, -0.1) is 0 Å². The lowest BCUT2D eigenvalue weighted by Crippen LogP contribution is -2.22. The third kappa shape index (κ3) is 4.42. The average molecular weight is 394 g/mol. The number of anilines is 1. The maximum atomic E-state index is 12.2. The van der Waals surface area contributed by atoms with Crippen molar-refractivity contribution in [3.8, 4) is 11.5 Å². The molecule has 2 heterocycles. The van der Waals surface area contributed by atoms with Gasteiger partial charge in [0.1, 0.15) is 24.6 Å². The van der Waals surface area contributed by atoms with E-state index in [2.05, 4.69) is 10.3 Å². The molecule has 1 aliphatic heterocycles. The molecule has 0 fully saturated rings. The third-order valence-electron chi connectivity index (χ3n) is 3.41. The molecule has 0 atom stereocenters. The smallest absolute Gasteiger partial charge is 0.345 e. The Labute approximate surface area is 157 Å². The number of nitrogens with one attached hydrogen (secondary N) is 1. The number of carbonyl (C=O) groups excluding carboxylic acids is 2. The molecule has 1 N–H and O–H groups in total. The van der Waals surface area contributed by atoms with Crippen LogP contribution in [0.2, 0.25) is 5.02 Å². The van der Waals surface area contributed by atoms with Crippen molar-refractivity contribution in [3.05, 3.63) is 51.2 Å². The third-order valence-corrected chi connectivity index (χ3v) is 3.63. The Hall–Kier alpha value is -3.40. The zero-order valence-electron chi connectivity index (χ0n) is 13.6. The number of esters is 1. The van der Waals surface area contributed by atoms with E-state index in [1.807, 2.05) is 0 Å². The van der Waals surface area contributed by atoms with Gasteiger partial charge in [-0.1, -0.05) is 11.6 Å². The van der Waals surface area contributed by atoms with Crippen LogP contribution < -0.4 is 14.8 Å². The highest BCUT2D eigenvalue weighted by molar-refractivity contribution is 6.30. The number of rotatable bonds is 5. The average Bonchev–Trinajstić information content (AvgIpc) is 2.66. The van der Waals surface area contributed by atoms with Gasteiger partial charge in [0.15, 0.2) is 18.1 Å². The van der Waals surface area contributed by atoms with Crippen molar-refractivity contribution in [2.75, 3.05) is 25.1 Å². The summed E-state index contributed by atoms with van der Waals surface area (Å²) in [4.78, 5) is 38.4. The van der Waals surface area contributed by atoms with Crippen molar-refractivity contribution in [1.82, 2.24) is 4.98 Å². The van der Waals surface area contributed by atoms with Crippen LogP contribution in [0.5, 0.6) is 11.5 Å². The molecule has 0 spiro atoms. The van der Waals surface area contributed by atoms with E-state index in [1.165, 1.54) is 18.3 Å². The van der Waals surface area contributed by atoms with Crippen molar-refractivity contribution < 1.29 is 28.7 Å². The quantitative estimate of drug-likeness (QED) is 0.465. The first-order chi connectivity index (χ1) is 12.9. The summed E-state index contributed by atoms with van der Waals surface area (Å²) in [6.45, 7) is -0.169. The van der Waals surface area contributed by atoms with E-state index in [4.69, 9.17) is 25.8 Å². The molecule has 3 rings (SSSR count). The number of nitrogens with zero attached hydrogens (tertiary/aromatic N) is 2. The van der Waals surface area contributed by atoms with E-state index < -0.39 is 29.1 Å². The van der Waals surface area contributed by atoms with Crippen LogP contribution >= 0.6 is 11.6 Å². The van der Waals surface area contributed by atoms with E-state index in [1.54, 1.807) is 0 Å². The summed E-state index contributed by atoms with van der Waals surface area (Å²) in [6, 6.07) is 5.23. The Balaban J connectivity index is 1.69. The van der Waals surface area contributed by atoms with E-state index in [0.29, 0.717) is 5.02 Å². The van der Waals surface area contributed by atoms with Crippen molar-refractivity contribution >= 4 is 35.0 Å². The topological polar surface area (TPSA) is 130 Å². The summed E-state index contributed by atoms with van der Waals surface area (Å²) in [6.07, 6.45) is 1.34. The molecule has 1 amide bonds. The Morgan fingerprint density at radius 2 is 1.96 bits per heavy atom. The molecule has 0 radical (unpaired) electrons. The Kier molecular flexibility index (Phi) is 5.36. The number of aromatic nitrogens is 1. The second-order valence-corrected chi connectivity index (χ2v) is 5.69. The van der Waals surface area contributed by atoms with Crippen LogP contribution in [0, 0.1) is 10.1 Å². The van der Waals surface area contributed by atoms with Crippen LogP contribution in [0.4, 0.5) is 11.5 Å². The van der Waals surface area contributed by atoms with E-state index >= 15 is 0 Å². The summed E-state index contributed by atoms with van der Waals surface area (Å²) in [5.41, 5.74) is -0.856. The Morgan fingerprint density at radius 3 is 2.59 bits per heavy atom. The molecule has 11 heteroatoms. The minimum atomic E-state index is -1.04. The number of amides is 1. The number of fused-ring (bicyclic) bond motifs is 1. The van der Waals surface area contributed by atoms with Gasteiger partial charge in [0.05, 0.1) is 16.0 Å². The van der Waals surface area contributed by atoms with Crippen molar-refractivity contribution in [1.29, 1.82) is 0 Å². The number of pyridine rings is 1. The number of nitro groups is 1. The molecule has 27 heavy (non-hydrogen) atoms. The fraction of sp³-hybridized carbons (Fsp3) is 0.188. The Morgan fingerprint density at radius 1 is 1.26 bits per heavy atom. The zero-order chi connectivity index (χ0) is 19.4. The van der Waals surface area contributed by atoms with Crippen molar-refractivity contribution in [3.63, 3.8) is 0 Å². The normalized spacial score (nSPS) is 12.2. The van der Waals surface area contributed by atoms with Gasteiger partial charge in [-0.05, 0) is 12.1 Å². The minimum absolute atomic E-state index is 0.163. The molecule has 1 aliphatic rings. The number of hydrogen-bond acceptors (Lipinski definition) is 8. The minimum Gasteiger partial charge on any atom is -0.486 e. The van der Waals surface area contributed by atoms with Crippen LogP contribution in [0.1, 0.15) is 10.4 Å². The number of benzene rings is 1. The number of hydrogen-bond donors (Lipinski definition) is 1. The summed E-state index contributed by atoms with van der Waals surface area (Å²) in [5.74, 6) is -1.15. The van der Waals surface area contributed by atoms with Gasteiger partial charge in [-0.25, -0.2) is 9.78 Å². The summed E-state index contributed by atoms with van der Waals surface area (Å²) in [5, 5.41) is 14.0. The van der Waals surface area contributed by atoms with Gasteiger partial charge in [-0.3, -0.25) is 14.9 Å². The molecule has 0 bridgehead atoms. The van der Waals surface area contributed by atoms with Crippen LogP contribution in [-0.2, 0) is 9.53 Å². The van der Waals surface area contributed by atoms with Gasteiger partial charge in [0.2, 0.25) is 0 Å². The molecular formula is C16H12ClN3O7. The van der Waals surface area contributed by atoms with Gasteiger partial charge in [0.25, 0.3) is 11.6 Å². The lowest BCUT2D eigenvalue weighted by atomic mass is 10.1. The zero-order valence-corrected chi connectivity index (χ0v) is 14.4. The SMILES string of the molecule is O=C(COC(=O)c1cc2c(cc1[N+](=O)[O-])OCCO2)Nc1ccc(Cl)cn1. The standard InChI is InChI=1S/C16H12ClN3O7/c17-9-1-2-14(18-7-9)19-15(21)8-27-16(22)10-5-12-13(26-4-3-25-12)6-11(10)20(23)24/h1-2,5-7H,3-4,8H2,(H,18,19,21). The molecule has 0 aliphatic carbocycles. The lowest BCUT2D eigenvalue weighted by Gasteiger charge is -2.18. The van der Waals surface area contributed by atoms with Crippen LogP contribution in [-0.4, -0.2) is 41.6 Å². The molecule has 140 valence electrons. The number of ether oxygens (including phenoxy) is 3. The van der Waals surface area contributed by atoms with E-state index in [0.717, 1.165) is 12.1 Å². The highest BCUT2D eigenvalue weighted by atomic mass is 35.5. The van der Waals surface area contributed by atoms with Crippen LogP contribution in [0.3, 0.4) is 0 Å². The monoisotopic (exact) mass is 393 g/mol. The molecule has 2 aromatic rings. The molecule has 1 aromatic heterocycles. The van der Waals surface area contributed by atoms with Gasteiger partial charge in [-0.2, -0.15) is 0 Å². The van der Waals surface area contributed by atoms with E-state index in [9.17, 15) is 19.7 Å². The lowest BCUT2D eigenvalue weighted by molar-refractivity contribution is -0.385. The fourth-order valence-electron chi connectivity index (χ4n) is 2.23. The van der Waals surface area contributed by atoms with Crippen molar-refractivity contribution in [2.45, 2.75) is 0 Å². The van der Waals surface area contributed by atoms with Crippen LogP contribution in [0.15, 0.2) is 30.5 Å². The highest BCUT2D eigenvalue weighted by Gasteiger charge is 2.27. The molecule has 0 saturated heterocycles. The number of nitro benzene ring substituents is 1. The summed E-state index contributed by atoms with van der Waals surface area (Å²) < 4.78 is 15.4. The first-order valence-corrected chi connectivity index (χ1v) is 7.98. The Bertz CT molecular complexity index is 902.